The van der Waals surface area contributed by atoms with Crippen molar-refractivity contribution in [2.24, 2.45) is 17.6 Å². The second kappa shape index (κ2) is 6.88. The highest BCUT2D eigenvalue weighted by molar-refractivity contribution is 5.83. The molecule has 0 saturated heterocycles. The predicted octanol–water partition coefficient (Wildman–Crippen LogP) is 2.85. The van der Waals surface area contributed by atoms with E-state index in [9.17, 15) is 24.2 Å². The Morgan fingerprint density at radius 1 is 1.08 bits per heavy atom. The highest BCUT2D eigenvalue weighted by Gasteiger charge is 2.58. The van der Waals surface area contributed by atoms with E-state index >= 15 is 0 Å². The van der Waals surface area contributed by atoms with Crippen molar-refractivity contribution in [1.82, 2.24) is 0 Å². The maximum absolute atomic E-state index is 13.3. The highest BCUT2D eigenvalue weighted by Crippen LogP contribution is 2.49. The molecule has 3 rings (SSSR count). The van der Waals surface area contributed by atoms with Gasteiger partial charge in [0.25, 0.3) is 0 Å². The van der Waals surface area contributed by atoms with Gasteiger partial charge in [-0.15, -0.1) is 0 Å². The Morgan fingerprint density at radius 2 is 1.65 bits per heavy atom. The molecule has 0 spiro atoms. The molecule has 5 nitrogen and oxygen atoms in total. The zero-order valence-electron chi connectivity index (χ0n) is 14.0. The Bertz CT molecular complexity index is 808. The van der Waals surface area contributed by atoms with Gasteiger partial charge in [-0.05, 0) is 36.1 Å². The van der Waals surface area contributed by atoms with Crippen molar-refractivity contribution < 1.29 is 24.2 Å². The molecule has 1 fully saturated rings. The molecule has 0 heterocycles. The molecule has 1 saturated carbocycles. The number of hydrogen-bond donors (Lipinski definition) is 3. The van der Waals surface area contributed by atoms with Gasteiger partial charge in [-0.3, -0.25) is 9.59 Å². The molecule has 0 radical (unpaired) electrons. The van der Waals surface area contributed by atoms with E-state index in [2.05, 4.69) is 0 Å². The Labute approximate surface area is 150 Å². The fourth-order valence-corrected chi connectivity index (χ4v) is 3.58. The van der Waals surface area contributed by atoms with Crippen molar-refractivity contribution in [2.45, 2.75) is 24.3 Å². The summed E-state index contributed by atoms with van der Waals surface area (Å²) in [7, 11) is 0. The number of halogens is 1. The molecule has 0 aliphatic heterocycles. The minimum atomic E-state index is -1.67. The molecule has 0 bridgehead atoms. The summed E-state index contributed by atoms with van der Waals surface area (Å²) in [5.41, 5.74) is 6.16. The molecule has 1 aliphatic carbocycles. The molecule has 4 unspecified atom stereocenters. The monoisotopic (exact) mass is 357 g/mol. The topological polar surface area (TPSA) is 101 Å². The van der Waals surface area contributed by atoms with E-state index in [1.54, 1.807) is 12.1 Å². The normalized spacial score (nSPS) is 22.2. The second-order valence-corrected chi connectivity index (χ2v) is 6.85. The second-order valence-electron chi connectivity index (χ2n) is 6.85. The SMILES string of the molecule is NC(CC(c1ccccc1)c1ccc(F)cc1)(C(=O)O)C1CC1C(=O)O. The van der Waals surface area contributed by atoms with Crippen molar-refractivity contribution in [3.63, 3.8) is 0 Å². The average Bonchev–Trinajstić information content (AvgIpc) is 3.42. The zero-order chi connectivity index (χ0) is 18.9. The van der Waals surface area contributed by atoms with E-state index < -0.39 is 29.3 Å². The molecule has 4 N–H and O–H groups in total. The summed E-state index contributed by atoms with van der Waals surface area (Å²) in [5, 5.41) is 18.9. The van der Waals surface area contributed by atoms with Crippen LogP contribution in [-0.2, 0) is 9.59 Å². The number of rotatable bonds is 7. The van der Waals surface area contributed by atoms with Gasteiger partial charge < -0.3 is 15.9 Å². The number of hydrogen-bond acceptors (Lipinski definition) is 3. The first-order chi connectivity index (χ1) is 12.3. The van der Waals surface area contributed by atoms with Gasteiger partial charge in [-0.25, -0.2) is 4.39 Å². The Hall–Kier alpha value is -2.73. The minimum absolute atomic E-state index is 0.0342. The molecule has 136 valence electrons. The summed E-state index contributed by atoms with van der Waals surface area (Å²) in [5.74, 6) is -4.36. The lowest BCUT2D eigenvalue weighted by molar-refractivity contribution is -0.145. The van der Waals surface area contributed by atoms with Gasteiger partial charge >= 0.3 is 11.9 Å². The van der Waals surface area contributed by atoms with Crippen LogP contribution in [-0.4, -0.2) is 27.7 Å². The average molecular weight is 357 g/mol. The van der Waals surface area contributed by atoms with Gasteiger partial charge in [-0.2, -0.15) is 0 Å². The minimum Gasteiger partial charge on any atom is -0.481 e. The van der Waals surface area contributed by atoms with Crippen molar-refractivity contribution in [3.05, 3.63) is 71.5 Å². The van der Waals surface area contributed by atoms with Crippen LogP contribution in [0.5, 0.6) is 0 Å². The predicted molar refractivity (Wildman–Crippen MR) is 93.1 cm³/mol. The van der Waals surface area contributed by atoms with Crippen molar-refractivity contribution in [3.8, 4) is 0 Å². The van der Waals surface area contributed by atoms with Crippen LogP contribution in [0, 0.1) is 17.7 Å². The van der Waals surface area contributed by atoms with Gasteiger partial charge in [-0.1, -0.05) is 42.5 Å². The third-order valence-electron chi connectivity index (χ3n) is 5.18. The number of carbonyl (C=O) groups is 2. The van der Waals surface area contributed by atoms with E-state index in [1.807, 2.05) is 30.3 Å². The summed E-state index contributed by atoms with van der Waals surface area (Å²) >= 11 is 0. The van der Waals surface area contributed by atoms with Crippen LogP contribution in [0.2, 0.25) is 0 Å². The third kappa shape index (κ3) is 3.46. The summed E-state index contributed by atoms with van der Waals surface area (Å²) in [6.07, 6.45) is 0.287. The van der Waals surface area contributed by atoms with Gasteiger partial charge in [0.2, 0.25) is 0 Å². The van der Waals surface area contributed by atoms with Crippen LogP contribution in [0.25, 0.3) is 0 Å². The van der Waals surface area contributed by atoms with E-state index in [-0.39, 0.29) is 24.6 Å². The molecule has 2 aromatic carbocycles. The molecular formula is C20H20FNO4. The molecule has 6 heteroatoms. The molecular weight excluding hydrogens is 337 g/mol. The van der Waals surface area contributed by atoms with E-state index in [0.29, 0.717) is 0 Å². The highest BCUT2D eigenvalue weighted by atomic mass is 19.1. The molecule has 4 atom stereocenters. The lowest BCUT2D eigenvalue weighted by Gasteiger charge is -2.30. The lowest BCUT2D eigenvalue weighted by Crippen LogP contribution is -2.52. The summed E-state index contributed by atoms with van der Waals surface area (Å²) < 4.78 is 13.3. The number of aliphatic carboxylic acids is 2. The van der Waals surface area contributed by atoms with E-state index in [1.165, 1.54) is 12.1 Å². The fraction of sp³-hybridized carbons (Fsp3) is 0.300. The molecule has 26 heavy (non-hydrogen) atoms. The van der Waals surface area contributed by atoms with Gasteiger partial charge in [0.15, 0.2) is 0 Å². The maximum Gasteiger partial charge on any atom is 0.324 e. The third-order valence-corrected chi connectivity index (χ3v) is 5.18. The Kier molecular flexibility index (Phi) is 4.78. The fourth-order valence-electron chi connectivity index (χ4n) is 3.58. The number of nitrogens with two attached hydrogens (primary N) is 1. The first-order valence-corrected chi connectivity index (χ1v) is 8.38. The van der Waals surface area contributed by atoms with Crippen LogP contribution in [0.1, 0.15) is 29.9 Å². The summed E-state index contributed by atoms with van der Waals surface area (Å²) in [6.45, 7) is 0. The Morgan fingerprint density at radius 3 is 2.15 bits per heavy atom. The van der Waals surface area contributed by atoms with Crippen LogP contribution < -0.4 is 5.73 Å². The van der Waals surface area contributed by atoms with Crippen LogP contribution >= 0.6 is 0 Å². The standard InChI is InChI=1S/C20H20FNO4/c21-14-8-6-13(7-9-14)16(12-4-2-1-3-5-12)11-20(22,19(25)26)17-10-15(17)18(23)24/h1-9,15-17H,10-11,22H2,(H,23,24)(H,25,26). The Balaban J connectivity index is 1.97. The first kappa shape index (κ1) is 18.1. The van der Waals surface area contributed by atoms with Crippen LogP contribution in [0.15, 0.2) is 54.6 Å². The number of carboxylic acid groups (broad SMARTS) is 2. The van der Waals surface area contributed by atoms with E-state index in [4.69, 9.17) is 5.73 Å². The van der Waals surface area contributed by atoms with E-state index in [0.717, 1.165) is 11.1 Å². The summed E-state index contributed by atoms with van der Waals surface area (Å²) in [6, 6.07) is 15.1. The first-order valence-electron chi connectivity index (χ1n) is 8.38. The van der Waals surface area contributed by atoms with Gasteiger partial charge in [0.1, 0.15) is 11.4 Å². The van der Waals surface area contributed by atoms with Crippen molar-refractivity contribution in [2.75, 3.05) is 0 Å². The lowest BCUT2D eigenvalue weighted by atomic mass is 9.77. The van der Waals surface area contributed by atoms with Crippen LogP contribution in [0.3, 0.4) is 0 Å². The van der Waals surface area contributed by atoms with Crippen molar-refractivity contribution in [1.29, 1.82) is 0 Å². The maximum atomic E-state index is 13.3. The van der Waals surface area contributed by atoms with Gasteiger partial charge in [0, 0.05) is 11.8 Å². The number of carboxylic acids is 2. The molecule has 1 aliphatic rings. The smallest absolute Gasteiger partial charge is 0.324 e. The van der Waals surface area contributed by atoms with Gasteiger partial charge in [0.05, 0.1) is 5.92 Å². The van der Waals surface area contributed by atoms with Crippen LogP contribution in [0.4, 0.5) is 4.39 Å². The largest absolute Gasteiger partial charge is 0.481 e. The quantitative estimate of drug-likeness (QED) is 0.707. The molecule has 0 amide bonds. The molecule has 2 aromatic rings. The number of benzene rings is 2. The summed E-state index contributed by atoms with van der Waals surface area (Å²) in [4.78, 5) is 23.2. The zero-order valence-corrected chi connectivity index (χ0v) is 14.0. The molecule has 0 aromatic heterocycles. The van der Waals surface area contributed by atoms with Crippen molar-refractivity contribution >= 4 is 11.9 Å².